The summed E-state index contributed by atoms with van der Waals surface area (Å²) in [5.41, 5.74) is 17.3. The van der Waals surface area contributed by atoms with E-state index in [4.69, 9.17) is 9.97 Å². The van der Waals surface area contributed by atoms with E-state index in [9.17, 15) is 0 Å². The lowest BCUT2D eigenvalue weighted by atomic mass is 9.70. The highest BCUT2D eigenvalue weighted by atomic mass is 14.9. The third-order valence-corrected chi connectivity index (χ3v) is 11.3. The van der Waals surface area contributed by atoms with Crippen molar-refractivity contribution in [2.75, 3.05) is 0 Å². The molecule has 1 aromatic heterocycles. The van der Waals surface area contributed by atoms with Gasteiger partial charge >= 0.3 is 0 Å². The Balaban J connectivity index is 1.13. The van der Waals surface area contributed by atoms with E-state index in [1.165, 1.54) is 66.4 Å². The smallest absolute Gasteiger partial charge is 0.160 e. The first-order chi connectivity index (χ1) is 26.3. The van der Waals surface area contributed by atoms with Gasteiger partial charge in [-0.15, -0.1) is 0 Å². The SMILES string of the molecule is c1ccc(-c2ccc(-c3nc(-c4ccc5c(c4)C4(c6ccccc6-c6ccccc64)c4ccccc4-5)cc(-c4ccc5ccccc5c4)n3)cc2)cc1. The van der Waals surface area contributed by atoms with Gasteiger partial charge in [-0.3, -0.25) is 0 Å². The largest absolute Gasteiger partial charge is 0.228 e. The first-order valence-corrected chi connectivity index (χ1v) is 18.2. The number of benzene rings is 8. The van der Waals surface area contributed by atoms with E-state index in [-0.39, 0.29) is 0 Å². The van der Waals surface area contributed by atoms with E-state index in [1.807, 2.05) is 0 Å². The summed E-state index contributed by atoms with van der Waals surface area (Å²) >= 11 is 0. The Hall–Kier alpha value is -6.90. The maximum absolute atomic E-state index is 5.33. The summed E-state index contributed by atoms with van der Waals surface area (Å²) in [4.78, 5) is 10.6. The molecule has 9 aromatic rings. The van der Waals surface area contributed by atoms with Crippen LogP contribution < -0.4 is 0 Å². The van der Waals surface area contributed by atoms with Gasteiger partial charge in [-0.05, 0) is 84.6 Å². The van der Waals surface area contributed by atoms with Gasteiger partial charge < -0.3 is 0 Å². The van der Waals surface area contributed by atoms with Gasteiger partial charge in [0.15, 0.2) is 5.82 Å². The molecule has 0 unspecified atom stereocenters. The van der Waals surface area contributed by atoms with Gasteiger partial charge in [-0.25, -0.2) is 9.97 Å². The van der Waals surface area contributed by atoms with Gasteiger partial charge in [-0.2, -0.15) is 0 Å². The number of rotatable bonds is 4. The monoisotopic (exact) mass is 672 g/mol. The second-order valence-electron chi connectivity index (χ2n) is 14.1. The normalized spacial score (nSPS) is 13.1. The third-order valence-electron chi connectivity index (χ3n) is 11.3. The minimum absolute atomic E-state index is 0.417. The van der Waals surface area contributed by atoms with Crippen LogP contribution in [-0.4, -0.2) is 9.97 Å². The predicted molar refractivity (Wildman–Crippen MR) is 218 cm³/mol. The molecule has 0 radical (unpaired) electrons. The number of aromatic nitrogens is 2. The molecule has 8 aromatic carbocycles. The summed E-state index contributed by atoms with van der Waals surface area (Å²) in [6, 6.07) is 70.2. The van der Waals surface area contributed by atoms with Gasteiger partial charge in [0.05, 0.1) is 16.8 Å². The molecule has 0 amide bonds. The second-order valence-corrected chi connectivity index (χ2v) is 14.1. The Bertz CT molecular complexity index is 2820. The molecule has 2 aliphatic carbocycles. The van der Waals surface area contributed by atoms with Crippen LogP contribution >= 0.6 is 0 Å². The van der Waals surface area contributed by atoms with Crippen molar-refractivity contribution in [1.29, 1.82) is 0 Å². The lowest BCUT2D eigenvalue weighted by molar-refractivity contribution is 0.794. The van der Waals surface area contributed by atoms with Crippen LogP contribution in [0.15, 0.2) is 194 Å². The number of nitrogens with zero attached hydrogens (tertiary/aromatic N) is 2. The average molecular weight is 673 g/mol. The Morgan fingerprint density at radius 1 is 0.283 bits per heavy atom. The molecule has 0 N–H and O–H groups in total. The average Bonchev–Trinajstić information content (AvgIpc) is 3.71. The Morgan fingerprint density at radius 3 is 1.38 bits per heavy atom. The summed E-state index contributed by atoms with van der Waals surface area (Å²) in [5, 5.41) is 2.40. The van der Waals surface area contributed by atoms with Crippen LogP contribution in [-0.2, 0) is 5.41 Å². The Morgan fingerprint density at radius 2 is 0.736 bits per heavy atom. The van der Waals surface area contributed by atoms with Crippen molar-refractivity contribution < 1.29 is 0 Å². The highest BCUT2D eigenvalue weighted by molar-refractivity contribution is 5.96. The maximum atomic E-state index is 5.33. The first kappa shape index (κ1) is 29.8. The van der Waals surface area contributed by atoms with Gasteiger partial charge in [-0.1, -0.05) is 176 Å². The van der Waals surface area contributed by atoms with Crippen LogP contribution in [0.1, 0.15) is 22.3 Å². The lowest BCUT2D eigenvalue weighted by Crippen LogP contribution is -2.25. The molecular weight excluding hydrogens is 641 g/mol. The summed E-state index contributed by atoms with van der Waals surface area (Å²) in [6.45, 7) is 0. The summed E-state index contributed by atoms with van der Waals surface area (Å²) in [6.07, 6.45) is 0. The molecule has 0 aliphatic heterocycles. The molecule has 0 atom stereocenters. The molecule has 0 saturated heterocycles. The van der Waals surface area contributed by atoms with Crippen LogP contribution in [0.4, 0.5) is 0 Å². The van der Waals surface area contributed by atoms with Crippen molar-refractivity contribution >= 4 is 10.8 Å². The van der Waals surface area contributed by atoms with Crippen molar-refractivity contribution in [3.8, 4) is 67.3 Å². The van der Waals surface area contributed by atoms with Crippen LogP contribution in [0, 0.1) is 0 Å². The van der Waals surface area contributed by atoms with Crippen LogP contribution in [0.2, 0.25) is 0 Å². The maximum Gasteiger partial charge on any atom is 0.160 e. The van der Waals surface area contributed by atoms with Crippen LogP contribution in [0.5, 0.6) is 0 Å². The lowest BCUT2D eigenvalue weighted by Gasteiger charge is -2.30. The predicted octanol–water partition coefficient (Wildman–Crippen LogP) is 12.6. The van der Waals surface area contributed by atoms with E-state index >= 15 is 0 Å². The van der Waals surface area contributed by atoms with Crippen molar-refractivity contribution in [1.82, 2.24) is 9.97 Å². The summed E-state index contributed by atoms with van der Waals surface area (Å²) in [5.74, 6) is 0.709. The molecule has 1 heterocycles. The van der Waals surface area contributed by atoms with E-state index in [1.54, 1.807) is 0 Å². The second kappa shape index (κ2) is 11.6. The molecule has 0 fully saturated rings. The fourth-order valence-corrected chi connectivity index (χ4v) is 8.92. The quantitative estimate of drug-likeness (QED) is 0.186. The summed E-state index contributed by atoms with van der Waals surface area (Å²) in [7, 11) is 0. The molecule has 2 nitrogen and oxygen atoms in total. The first-order valence-electron chi connectivity index (χ1n) is 18.2. The topological polar surface area (TPSA) is 25.8 Å². The van der Waals surface area contributed by atoms with Gasteiger partial charge in [0.1, 0.15) is 0 Å². The molecule has 1 spiro atoms. The van der Waals surface area contributed by atoms with Crippen molar-refractivity contribution in [2.45, 2.75) is 5.41 Å². The van der Waals surface area contributed by atoms with Gasteiger partial charge in [0, 0.05) is 16.7 Å². The number of hydrogen-bond donors (Lipinski definition) is 0. The van der Waals surface area contributed by atoms with E-state index in [0.717, 1.165) is 28.1 Å². The Kier molecular flexibility index (Phi) is 6.50. The van der Waals surface area contributed by atoms with E-state index in [0.29, 0.717) is 5.82 Å². The summed E-state index contributed by atoms with van der Waals surface area (Å²) < 4.78 is 0. The fraction of sp³-hybridized carbons (Fsp3) is 0.0196. The zero-order valence-electron chi connectivity index (χ0n) is 28.9. The Labute approximate surface area is 308 Å². The zero-order valence-corrected chi connectivity index (χ0v) is 28.9. The highest BCUT2D eigenvalue weighted by Gasteiger charge is 2.51. The van der Waals surface area contributed by atoms with E-state index in [2.05, 4.69) is 194 Å². The minimum atomic E-state index is -0.417. The third kappa shape index (κ3) is 4.46. The molecule has 2 heteroatoms. The molecule has 0 bridgehead atoms. The number of hydrogen-bond acceptors (Lipinski definition) is 2. The molecular formula is C51H32N2. The van der Waals surface area contributed by atoms with E-state index < -0.39 is 5.41 Å². The molecule has 11 rings (SSSR count). The van der Waals surface area contributed by atoms with Crippen molar-refractivity contribution in [2.24, 2.45) is 0 Å². The molecule has 0 saturated carbocycles. The number of fused-ring (bicyclic) bond motifs is 11. The highest BCUT2D eigenvalue weighted by Crippen LogP contribution is 2.63. The van der Waals surface area contributed by atoms with Gasteiger partial charge in [0.2, 0.25) is 0 Å². The minimum Gasteiger partial charge on any atom is -0.228 e. The molecule has 53 heavy (non-hydrogen) atoms. The molecule has 246 valence electrons. The zero-order chi connectivity index (χ0) is 34.9. The van der Waals surface area contributed by atoms with Gasteiger partial charge in [0.25, 0.3) is 0 Å². The molecule has 2 aliphatic rings. The fourth-order valence-electron chi connectivity index (χ4n) is 8.92. The van der Waals surface area contributed by atoms with Crippen molar-refractivity contribution in [3.05, 3.63) is 216 Å². The van der Waals surface area contributed by atoms with Crippen molar-refractivity contribution in [3.63, 3.8) is 0 Å². The van der Waals surface area contributed by atoms with Crippen LogP contribution in [0.25, 0.3) is 78.1 Å². The van der Waals surface area contributed by atoms with Crippen LogP contribution in [0.3, 0.4) is 0 Å². The standard InChI is InChI=1S/C51H32N2/c1-2-12-33(13-3-1)35-22-25-36(26-23-35)50-52-48(38-27-24-34-14-4-5-15-37(34)30-38)32-49(53-50)39-28-29-43-42-18-8-11-21-46(42)51(47(43)31-39)44-19-9-6-16-40(44)41-17-7-10-20-45(41)51/h1-32H.